The molecule has 0 spiro atoms. The molecule has 0 saturated heterocycles. The number of hydrogen-bond donors (Lipinski definition) is 1. The van der Waals surface area contributed by atoms with Crippen LogP contribution in [-0.2, 0) is 30.6 Å². The van der Waals surface area contributed by atoms with E-state index in [2.05, 4.69) is 15.9 Å². The molecule has 0 aliphatic rings. The topological polar surface area (TPSA) is 133 Å². The summed E-state index contributed by atoms with van der Waals surface area (Å²) in [5.41, 5.74) is -3.13. The molecule has 7 nitrogen and oxygen atoms in total. The van der Waals surface area contributed by atoms with Crippen LogP contribution in [0.3, 0.4) is 0 Å². The maximum atomic E-state index is 10.2. The van der Waals surface area contributed by atoms with Gasteiger partial charge in [-0.15, -0.1) is 0 Å². The quantitative estimate of drug-likeness (QED) is 0.583. The standard InChI is InChI=1S/CH5ClO7P2.Cr/c2-9-11(7,8)1(3)10(4,5)6;/h1,3H,(H,7,8)(H2,4,5,6);/q;+3/p-3. The maximum Gasteiger partial charge on any atom is 3.00 e. The van der Waals surface area contributed by atoms with Gasteiger partial charge in [-0.25, -0.2) is 4.08 Å². The second kappa shape index (κ2) is 5.09. The first-order chi connectivity index (χ1) is 4.72. The zero-order valence-electron chi connectivity index (χ0n) is 5.15. The van der Waals surface area contributed by atoms with Crippen LogP contribution in [0.25, 0.3) is 0 Å². The summed E-state index contributed by atoms with van der Waals surface area (Å²) in [6, 6.07) is 0. The predicted octanol–water partition coefficient (Wildman–Crippen LogP) is -2.10. The molecule has 0 saturated carbocycles. The van der Waals surface area contributed by atoms with Gasteiger partial charge in [0.25, 0.3) is 0 Å². The normalized spacial score (nSPS) is 19.1. The molecule has 12 heavy (non-hydrogen) atoms. The van der Waals surface area contributed by atoms with E-state index >= 15 is 0 Å². The zero-order chi connectivity index (χ0) is 9.28. The second-order valence-electron chi connectivity index (χ2n) is 1.50. The van der Waals surface area contributed by atoms with E-state index in [0.29, 0.717) is 0 Å². The van der Waals surface area contributed by atoms with Gasteiger partial charge in [-0.3, -0.25) is 0 Å². The third-order valence-electron chi connectivity index (χ3n) is 0.662. The summed E-state index contributed by atoms with van der Waals surface area (Å²) in [5, 5.41) is 8.24. The van der Waals surface area contributed by atoms with E-state index in [1.165, 1.54) is 0 Å². The third kappa shape index (κ3) is 4.36. The molecule has 0 aliphatic heterocycles. The fraction of sp³-hybridized carbons (Fsp3) is 1.00. The molecular weight excluding hydrogens is 273 g/mol. The van der Waals surface area contributed by atoms with Crippen LogP contribution in [0.1, 0.15) is 0 Å². The summed E-state index contributed by atoms with van der Waals surface area (Å²) in [6.45, 7) is 0. The Kier molecular flexibility index (Phi) is 6.59. The Morgan fingerprint density at radius 1 is 1.33 bits per heavy atom. The van der Waals surface area contributed by atoms with E-state index in [1.54, 1.807) is 0 Å². The Labute approximate surface area is 83.3 Å². The van der Waals surface area contributed by atoms with Gasteiger partial charge in [-0.2, -0.15) is 0 Å². The molecule has 2 unspecified atom stereocenters. The molecule has 0 aromatic heterocycles. The van der Waals surface area contributed by atoms with Gasteiger partial charge in [-0.05, 0) is 7.60 Å². The monoisotopic (exact) mass is 275 g/mol. The van der Waals surface area contributed by atoms with Crippen molar-refractivity contribution in [3.8, 4) is 0 Å². The number of rotatable bonds is 3. The van der Waals surface area contributed by atoms with Crippen LogP contribution < -0.4 is 14.7 Å². The van der Waals surface area contributed by atoms with Gasteiger partial charge in [-0.1, -0.05) is 0 Å². The van der Waals surface area contributed by atoms with Crippen LogP contribution in [0, 0.1) is 0 Å². The molecule has 11 heteroatoms. The summed E-state index contributed by atoms with van der Waals surface area (Å²) >= 11 is 4.26. The predicted molar refractivity (Wildman–Crippen MR) is 28.2 cm³/mol. The molecule has 0 aromatic carbocycles. The van der Waals surface area contributed by atoms with Crippen LogP contribution in [0.5, 0.6) is 0 Å². The second-order valence-corrected chi connectivity index (χ2v) is 5.59. The average molecular weight is 275 g/mol. The van der Waals surface area contributed by atoms with Gasteiger partial charge in [0.15, 0.2) is 7.60 Å². The summed E-state index contributed by atoms with van der Waals surface area (Å²) in [6.07, 6.45) is 0. The van der Waals surface area contributed by atoms with Crippen molar-refractivity contribution in [3.63, 3.8) is 0 Å². The average Bonchev–Trinajstić information content (AvgIpc) is 1.84. The first-order valence-electron chi connectivity index (χ1n) is 2.02. The molecule has 71 valence electrons. The van der Waals surface area contributed by atoms with E-state index in [1.807, 2.05) is 0 Å². The van der Waals surface area contributed by atoms with Gasteiger partial charge in [0.05, 0.1) is 11.9 Å². The van der Waals surface area contributed by atoms with Crippen LogP contribution >= 0.6 is 27.1 Å². The first kappa shape index (κ1) is 15.5. The van der Waals surface area contributed by atoms with E-state index < -0.39 is 20.8 Å². The van der Waals surface area contributed by atoms with Crippen molar-refractivity contribution < 1.29 is 50.4 Å². The van der Waals surface area contributed by atoms with Crippen LogP contribution in [0.15, 0.2) is 0 Å². The number of hydrogen-bond acceptors (Lipinski definition) is 7. The molecule has 0 rings (SSSR count). The number of halogens is 1. The Hall–Kier alpha value is 1.08. The summed E-state index contributed by atoms with van der Waals surface area (Å²) < 4.78 is 23.1. The minimum Gasteiger partial charge on any atom is -0.809 e. The van der Waals surface area contributed by atoms with Gasteiger partial charge in [0.2, 0.25) is 0 Å². The number of aliphatic hydroxyl groups excluding tert-OH is 1. The molecule has 2 atom stereocenters. The zero-order valence-corrected chi connectivity index (χ0v) is 8.97. The van der Waals surface area contributed by atoms with Crippen molar-refractivity contribution in [3.05, 3.63) is 0 Å². The van der Waals surface area contributed by atoms with Crippen molar-refractivity contribution in [1.82, 2.24) is 0 Å². The Balaban J connectivity index is 0. The molecule has 0 bridgehead atoms. The Morgan fingerprint density at radius 2 is 1.67 bits per heavy atom. The summed E-state index contributed by atoms with van der Waals surface area (Å²) in [4.78, 5) is 29.9. The van der Waals surface area contributed by atoms with Crippen molar-refractivity contribution in [1.29, 1.82) is 0 Å². The molecule has 0 fully saturated rings. The number of aliphatic hydroxyl groups is 1. The van der Waals surface area contributed by atoms with E-state index in [0.717, 1.165) is 0 Å². The summed E-state index contributed by atoms with van der Waals surface area (Å²) in [7, 11) is -10.8. The van der Waals surface area contributed by atoms with Crippen molar-refractivity contribution >= 4 is 27.1 Å². The minimum atomic E-state index is -5.62. The van der Waals surface area contributed by atoms with Gasteiger partial charge >= 0.3 is 17.4 Å². The molecule has 1 N–H and O–H groups in total. The fourth-order valence-electron chi connectivity index (χ4n) is 0.209. The van der Waals surface area contributed by atoms with Crippen LogP contribution in [0.2, 0.25) is 0 Å². The third-order valence-corrected chi connectivity index (χ3v) is 4.26. The van der Waals surface area contributed by atoms with Crippen molar-refractivity contribution in [2.75, 3.05) is 0 Å². The minimum absolute atomic E-state index is 0. The van der Waals surface area contributed by atoms with Crippen LogP contribution in [-0.4, -0.2) is 10.7 Å². The largest absolute Gasteiger partial charge is 3.00 e. The molecule has 1 radical (unpaired) electrons. The van der Waals surface area contributed by atoms with Gasteiger partial charge in [0, 0.05) is 0 Å². The molecular formula is CH2ClCrO7P2. The SMILES string of the molecule is O=P([O-])([O-])C(O)P(=O)([O-])OCl.[Cr+3]. The molecule has 0 aromatic rings. The van der Waals surface area contributed by atoms with Crippen LogP contribution in [0.4, 0.5) is 0 Å². The molecule has 0 aliphatic carbocycles. The smallest absolute Gasteiger partial charge is 0.809 e. The first-order valence-corrected chi connectivity index (χ1v) is 5.56. The fourth-order valence-corrected chi connectivity index (χ4v) is 2.20. The molecule has 0 amide bonds. The van der Waals surface area contributed by atoms with Gasteiger partial charge < -0.3 is 28.9 Å². The van der Waals surface area contributed by atoms with E-state index in [-0.39, 0.29) is 17.4 Å². The van der Waals surface area contributed by atoms with E-state index in [4.69, 9.17) is 5.11 Å². The van der Waals surface area contributed by atoms with Crippen molar-refractivity contribution in [2.24, 2.45) is 0 Å². The molecule has 0 heterocycles. The Bertz CT molecular complexity index is 223. The summed E-state index contributed by atoms with van der Waals surface area (Å²) in [5.74, 6) is 0. The van der Waals surface area contributed by atoms with Gasteiger partial charge in [0.1, 0.15) is 5.59 Å². The Morgan fingerprint density at radius 3 is 1.75 bits per heavy atom. The van der Waals surface area contributed by atoms with Crippen molar-refractivity contribution in [2.45, 2.75) is 5.59 Å². The maximum absolute atomic E-state index is 10.2. The van der Waals surface area contributed by atoms with E-state index in [9.17, 15) is 23.8 Å².